The van der Waals surface area contributed by atoms with Gasteiger partial charge in [0.05, 0.1) is 17.1 Å². The van der Waals surface area contributed by atoms with Gasteiger partial charge in [-0.1, -0.05) is 33.6 Å². The van der Waals surface area contributed by atoms with E-state index in [1.54, 1.807) is 12.1 Å². The molecule has 6 heteroatoms. The van der Waals surface area contributed by atoms with Crippen LogP contribution in [0.1, 0.15) is 40.0 Å². The van der Waals surface area contributed by atoms with E-state index in [2.05, 4.69) is 30.7 Å². The fourth-order valence-corrected chi connectivity index (χ4v) is 3.36. The lowest BCUT2D eigenvalue weighted by Crippen LogP contribution is -2.49. The van der Waals surface area contributed by atoms with Gasteiger partial charge in [0.15, 0.2) is 9.84 Å². The van der Waals surface area contributed by atoms with Crippen molar-refractivity contribution in [2.75, 3.05) is 24.2 Å². The molecule has 2 atom stereocenters. The van der Waals surface area contributed by atoms with E-state index < -0.39 is 9.84 Å². The van der Waals surface area contributed by atoms with Gasteiger partial charge in [-0.25, -0.2) is 13.4 Å². The molecule has 5 nitrogen and oxygen atoms in total. The van der Waals surface area contributed by atoms with Crippen LogP contribution < -0.4 is 4.90 Å². The Morgan fingerprint density at radius 3 is 2.61 bits per heavy atom. The highest BCUT2D eigenvalue weighted by atomic mass is 32.2. The van der Waals surface area contributed by atoms with Gasteiger partial charge in [0.1, 0.15) is 5.82 Å². The SMILES string of the molecule is CCCC[C@@H]1CN(c2ccc(S(C)(=O)=O)cn2)C[C@H](C(C)C)O1. The van der Waals surface area contributed by atoms with Crippen molar-refractivity contribution in [1.82, 2.24) is 4.98 Å². The Morgan fingerprint density at radius 1 is 1.35 bits per heavy atom. The van der Waals surface area contributed by atoms with E-state index in [9.17, 15) is 8.42 Å². The number of ether oxygens (including phenoxy) is 1. The third-order valence-corrected chi connectivity index (χ3v) is 5.39. The molecule has 0 N–H and O–H groups in total. The van der Waals surface area contributed by atoms with E-state index in [4.69, 9.17) is 4.74 Å². The summed E-state index contributed by atoms with van der Waals surface area (Å²) in [6, 6.07) is 3.44. The molecule has 1 aromatic heterocycles. The van der Waals surface area contributed by atoms with E-state index in [1.165, 1.54) is 12.5 Å². The molecule has 1 aromatic rings. The maximum atomic E-state index is 11.6. The molecule has 130 valence electrons. The number of aromatic nitrogens is 1. The number of morpholine rings is 1. The van der Waals surface area contributed by atoms with Crippen molar-refractivity contribution in [3.05, 3.63) is 18.3 Å². The van der Waals surface area contributed by atoms with Crippen LogP contribution in [0.5, 0.6) is 0 Å². The molecule has 0 aromatic carbocycles. The second kappa shape index (κ2) is 7.62. The van der Waals surface area contributed by atoms with Gasteiger partial charge in [-0.05, 0) is 24.5 Å². The molecule has 0 amide bonds. The molecular formula is C17H28N2O3S. The lowest BCUT2D eigenvalue weighted by molar-refractivity contribution is -0.0521. The standard InChI is InChI=1S/C17H28N2O3S/c1-5-6-7-14-11-19(12-16(22-14)13(2)3)17-9-8-15(10-18-17)23(4,20)21/h8-10,13-14,16H,5-7,11-12H2,1-4H3/t14-,16-/m1/s1. The first-order valence-corrected chi connectivity index (χ1v) is 10.3. The molecule has 23 heavy (non-hydrogen) atoms. The van der Waals surface area contributed by atoms with Gasteiger partial charge in [-0.2, -0.15) is 0 Å². The highest BCUT2D eigenvalue weighted by Gasteiger charge is 2.30. The van der Waals surface area contributed by atoms with E-state index in [1.807, 2.05) is 0 Å². The molecule has 0 saturated carbocycles. The average molecular weight is 340 g/mol. The molecule has 1 saturated heterocycles. The summed E-state index contributed by atoms with van der Waals surface area (Å²) in [5.74, 6) is 1.27. The van der Waals surface area contributed by atoms with Gasteiger partial charge >= 0.3 is 0 Å². The summed E-state index contributed by atoms with van der Waals surface area (Å²) in [7, 11) is -3.20. The van der Waals surface area contributed by atoms with Crippen molar-refractivity contribution in [3.63, 3.8) is 0 Å². The smallest absolute Gasteiger partial charge is 0.177 e. The van der Waals surface area contributed by atoms with Gasteiger partial charge in [0.2, 0.25) is 0 Å². The van der Waals surface area contributed by atoms with Crippen LogP contribution >= 0.6 is 0 Å². The minimum atomic E-state index is -3.20. The van der Waals surface area contributed by atoms with Crippen LogP contribution in [0.3, 0.4) is 0 Å². The number of nitrogens with zero attached hydrogens (tertiary/aromatic N) is 2. The van der Waals surface area contributed by atoms with E-state index in [0.717, 1.165) is 38.2 Å². The Kier molecular flexibility index (Phi) is 6.03. The Labute approximate surface area is 140 Å². The molecule has 2 heterocycles. The zero-order valence-corrected chi connectivity index (χ0v) is 15.3. The first-order chi connectivity index (χ1) is 10.8. The fraction of sp³-hybridized carbons (Fsp3) is 0.706. The summed E-state index contributed by atoms with van der Waals surface area (Å²) in [5.41, 5.74) is 0. The number of unbranched alkanes of at least 4 members (excludes halogenated alkanes) is 1. The lowest BCUT2D eigenvalue weighted by atomic mass is 10.0. The largest absolute Gasteiger partial charge is 0.371 e. The quantitative estimate of drug-likeness (QED) is 0.797. The molecule has 0 bridgehead atoms. The number of sulfone groups is 1. The number of anilines is 1. The Hall–Kier alpha value is -1.14. The van der Waals surface area contributed by atoms with Gasteiger partial charge in [-0.3, -0.25) is 0 Å². The summed E-state index contributed by atoms with van der Waals surface area (Å²) >= 11 is 0. The molecular weight excluding hydrogens is 312 g/mol. The highest BCUT2D eigenvalue weighted by molar-refractivity contribution is 7.90. The van der Waals surface area contributed by atoms with Gasteiger partial charge in [0.25, 0.3) is 0 Å². The Balaban J connectivity index is 2.15. The molecule has 1 aliphatic heterocycles. The average Bonchev–Trinajstić information content (AvgIpc) is 2.52. The summed E-state index contributed by atoms with van der Waals surface area (Å²) in [4.78, 5) is 6.85. The number of hydrogen-bond acceptors (Lipinski definition) is 5. The Bertz CT molecular complexity index is 599. The van der Waals surface area contributed by atoms with Crippen molar-refractivity contribution >= 4 is 15.7 Å². The zero-order chi connectivity index (χ0) is 17.0. The third kappa shape index (κ3) is 4.91. The van der Waals surface area contributed by atoms with Crippen molar-refractivity contribution in [2.45, 2.75) is 57.1 Å². The summed E-state index contributed by atoms with van der Waals surface area (Å²) < 4.78 is 29.3. The summed E-state index contributed by atoms with van der Waals surface area (Å²) in [6.45, 7) is 8.14. The van der Waals surface area contributed by atoms with Crippen LogP contribution in [0.25, 0.3) is 0 Å². The predicted octanol–water partition coefficient (Wildman–Crippen LogP) is 2.91. The van der Waals surface area contributed by atoms with Crippen molar-refractivity contribution < 1.29 is 13.2 Å². The minimum absolute atomic E-state index is 0.182. The van der Waals surface area contributed by atoms with Gasteiger partial charge in [0, 0.05) is 25.5 Å². The van der Waals surface area contributed by atoms with Crippen molar-refractivity contribution in [3.8, 4) is 0 Å². The highest BCUT2D eigenvalue weighted by Crippen LogP contribution is 2.25. The van der Waals surface area contributed by atoms with Crippen LogP contribution in [0.4, 0.5) is 5.82 Å². The normalized spacial score (nSPS) is 22.6. The molecule has 1 fully saturated rings. The second-order valence-corrected chi connectivity index (χ2v) is 8.73. The maximum Gasteiger partial charge on any atom is 0.177 e. The van der Waals surface area contributed by atoms with Gasteiger partial charge in [-0.15, -0.1) is 0 Å². The predicted molar refractivity (Wildman–Crippen MR) is 92.6 cm³/mol. The van der Waals surface area contributed by atoms with Crippen LogP contribution in [0, 0.1) is 5.92 Å². The monoisotopic (exact) mass is 340 g/mol. The lowest BCUT2D eigenvalue weighted by Gasteiger charge is -2.40. The maximum absolute atomic E-state index is 11.6. The van der Waals surface area contributed by atoms with Crippen LogP contribution in [0.2, 0.25) is 0 Å². The van der Waals surface area contributed by atoms with Crippen LogP contribution in [0.15, 0.2) is 23.2 Å². The molecule has 0 radical (unpaired) electrons. The summed E-state index contributed by atoms with van der Waals surface area (Å²) in [6.07, 6.45) is 6.42. The molecule has 0 aliphatic carbocycles. The zero-order valence-electron chi connectivity index (χ0n) is 14.5. The van der Waals surface area contributed by atoms with Crippen LogP contribution in [-0.2, 0) is 14.6 Å². The minimum Gasteiger partial charge on any atom is -0.371 e. The molecule has 0 unspecified atom stereocenters. The van der Waals surface area contributed by atoms with E-state index in [-0.39, 0.29) is 17.1 Å². The number of hydrogen-bond donors (Lipinski definition) is 0. The van der Waals surface area contributed by atoms with E-state index in [0.29, 0.717) is 5.92 Å². The second-order valence-electron chi connectivity index (χ2n) is 6.71. The third-order valence-electron chi connectivity index (χ3n) is 4.29. The van der Waals surface area contributed by atoms with Crippen molar-refractivity contribution in [1.29, 1.82) is 0 Å². The van der Waals surface area contributed by atoms with E-state index >= 15 is 0 Å². The molecule has 2 rings (SSSR count). The molecule has 0 spiro atoms. The molecule has 1 aliphatic rings. The van der Waals surface area contributed by atoms with Crippen LogP contribution in [-0.4, -0.2) is 45.0 Å². The Morgan fingerprint density at radius 2 is 2.09 bits per heavy atom. The first-order valence-electron chi connectivity index (χ1n) is 8.37. The number of pyridine rings is 1. The fourth-order valence-electron chi connectivity index (χ4n) is 2.80. The number of rotatable bonds is 6. The topological polar surface area (TPSA) is 59.5 Å². The van der Waals surface area contributed by atoms with Crippen molar-refractivity contribution in [2.24, 2.45) is 5.92 Å². The van der Waals surface area contributed by atoms with Gasteiger partial charge < -0.3 is 9.64 Å². The first kappa shape index (κ1) is 18.2. The summed E-state index contributed by atoms with van der Waals surface area (Å²) in [5, 5.41) is 0.